The number of pyridine rings is 1. The summed E-state index contributed by atoms with van der Waals surface area (Å²) >= 11 is 0. The summed E-state index contributed by atoms with van der Waals surface area (Å²) in [7, 11) is 1.62. The Morgan fingerprint density at radius 2 is 1.90 bits per heavy atom. The second-order valence-electron chi connectivity index (χ2n) is 6.83. The Morgan fingerprint density at radius 1 is 1.17 bits per heavy atom. The minimum Gasteiger partial charge on any atom is -0.480 e. The van der Waals surface area contributed by atoms with E-state index >= 15 is 0 Å². The van der Waals surface area contributed by atoms with Crippen molar-refractivity contribution in [2.75, 3.05) is 50.4 Å². The van der Waals surface area contributed by atoms with Crippen molar-refractivity contribution >= 4 is 40.1 Å². The van der Waals surface area contributed by atoms with Gasteiger partial charge in [0.25, 0.3) is 5.91 Å². The average molecular weight is 397 g/mol. The second-order valence-corrected chi connectivity index (χ2v) is 6.83. The molecule has 1 fully saturated rings. The number of carbonyl (C=O) groups is 3. The van der Waals surface area contributed by atoms with Gasteiger partial charge in [-0.05, 0) is 23.6 Å². The fourth-order valence-electron chi connectivity index (χ4n) is 3.19. The molecule has 2 aromatic rings. The highest BCUT2D eigenvalue weighted by atomic mass is 16.4. The van der Waals surface area contributed by atoms with Gasteiger partial charge in [0.15, 0.2) is 0 Å². The van der Waals surface area contributed by atoms with Crippen LogP contribution < -0.4 is 10.6 Å². The Kier molecular flexibility index (Phi) is 6.08. The van der Waals surface area contributed by atoms with Crippen LogP contribution in [0.4, 0.5) is 11.5 Å². The van der Waals surface area contributed by atoms with Gasteiger partial charge in [0, 0.05) is 62.6 Å². The Balaban J connectivity index is 1.61. The van der Waals surface area contributed by atoms with Crippen LogP contribution in [0.25, 0.3) is 10.8 Å². The van der Waals surface area contributed by atoms with Crippen molar-refractivity contribution in [3.05, 3.63) is 42.6 Å². The highest BCUT2D eigenvalue weighted by Gasteiger charge is 2.21. The topological polar surface area (TPSA) is 120 Å². The molecule has 9 nitrogen and oxygen atoms in total. The predicted octanol–water partition coefficient (Wildman–Crippen LogP) is 0.565. The molecule has 0 aliphatic carbocycles. The number of hydrogen-bond acceptors (Lipinski definition) is 6. The van der Waals surface area contributed by atoms with E-state index in [1.165, 1.54) is 17.1 Å². The molecule has 1 aromatic heterocycles. The van der Waals surface area contributed by atoms with Gasteiger partial charge in [0.2, 0.25) is 5.91 Å². The van der Waals surface area contributed by atoms with Crippen LogP contribution in [0.15, 0.2) is 42.6 Å². The van der Waals surface area contributed by atoms with Gasteiger partial charge in [0.1, 0.15) is 5.82 Å². The number of nitrogens with two attached hydrogens (primary N) is 1. The van der Waals surface area contributed by atoms with E-state index in [4.69, 9.17) is 10.8 Å². The molecule has 0 saturated carbocycles. The summed E-state index contributed by atoms with van der Waals surface area (Å²) in [5.74, 6) is -1.11. The summed E-state index contributed by atoms with van der Waals surface area (Å²) < 4.78 is 0. The molecular weight excluding hydrogens is 374 g/mol. The molecule has 1 aliphatic heterocycles. The van der Waals surface area contributed by atoms with Crippen LogP contribution in [0, 0.1) is 0 Å². The molecule has 152 valence electrons. The van der Waals surface area contributed by atoms with Crippen LogP contribution in [-0.4, -0.2) is 77.4 Å². The summed E-state index contributed by atoms with van der Waals surface area (Å²) in [6.07, 6.45) is 4.12. The van der Waals surface area contributed by atoms with Crippen molar-refractivity contribution in [3.8, 4) is 0 Å². The molecule has 0 bridgehead atoms. The lowest BCUT2D eigenvalue weighted by atomic mass is 10.1. The van der Waals surface area contributed by atoms with Gasteiger partial charge in [0.05, 0.1) is 6.54 Å². The molecule has 0 radical (unpaired) electrons. The zero-order valence-electron chi connectivity index (χ0n) is 16.1. The van der Waals surface area contributed by atoms with Crippen molar-refractivity contribution in [3.63, 3.8) is 0 Å². The highest BCUT2D eigenvalue weighted by molar-refractivity contribution is 6.06. The average Bonchev–Trinajstić information content (AvgIpc) is 2.71. The van der Waals surface area contributed by atoms with Gasteiger partial charge in [-0.25, -0.2) is 4.98 Å². The SMILES string of the molecule is CN(C(=O)C=CC(=O)N1CCN(CC(=O)O)CC1)c1ccc2ccnc(N)c2c1. The van der Waals surface area contributed by atoms with E-state index in [0.717, 1.165) is 10.8 Å². The van der Waals surface area contributed by atoms with Crippen molar-refractivity contribution in [2.24, 2.45) is 0 Å². The number of likely N-dealkylation sites (N-methyl/N-ethyl adjacent to an activating group) is 1. The van der Waals surface area contributed by atoms with E-state index < -0.39 is 5.97 Å². The smallest absolute Gasteiger partial charge is 0.317 e. The summed E-state index contributed by atoms with van der Waals surface area (Å²) in [5.41, 5.74) is 6.54. The molecular formula is C20H23N5O4. The number of aromatic nitrogens is 1. The normalized spacial score (nSPS) is 15.0. The summed E-state index contributed by atoms with van der Waals surface area (Å²) in [5, 5.41) is 10.5. The third kappa shape index (κ3) is 4.88. The van der Waals surface area contributed by atoms with Crippen molar-refractivity contribution < 1.29 is 19.5 Å². The van der Waals surface area contributed by atoms with Crippen LogP contribution in [-0.2, 0) is 14.4 Å². The first-order chi connectivity index (χ1) is 13.8. The lowest BCUT2D eigenvalue weighted by Gasteiger charge is -2.33. The molecule has 0 unspecified atom stereocenters. The molecule has 0 atom stereocenters. The molecule has 3 N–H and O–H groups in total. The van der Waals surface area contributed by atoms with E-state index in [1.807, 2.05) is 12.1 Å². The maximum Gasteiger partial charge on any atom is 0.317 e. The maximum absolute atomic E-state index is 12.5. The number of aliphatic carboxylic acids is 1. The van der Waals surface area contributed by atoms with Crippen molar-refractivity contribution in [1.29, 1.82) is 0 Å². The van der Waals surface area contributed by atoms with E-state index in [2.05, 4.69) is 4.98 Å². The fourth-order valence-corrected chi connectivity index (χ4v) is 3.19. The molecule has 0 spiro atoms. The Hall–Kier alpha value is -3.46. The van der Waals surface area contributed by atoms with Crippen LogP contribution >= 0.6 is 0 Å². The summed E-state index contributed by atoms with van der Waals surface area (Å²) in [6, 6.07) is 7.29. The first-order valence-corrected chi connectivity index (χ1v) is 9.18. The van der Waals surface area contributed by atoms with E-state index in [1.54, 1.807) is 35.2 Å². The van der Waals surface area contributed by atoms with Gasteiger partial charge >= 0.3 is 5.97 Å². The minimum atomic E-state index is -0.885. The largest absolute Gasteiger partial charge is 0.480 e. The number of carbonyl (C=O) groups excluding carboxylic acids is 2. The van der Waals surface area contributed by atoms with E-state index in [9.17, 15) is 14.4 Å². The minimum absolute atomic E-state index is 0.0348. The predicted molar refractivity (Wildman–Crippen MR) is 109 cm³/mol. The van der Waals surface area contributed by atoms with Gasteiger partial charge in [-0.1, -0.05) is 6.07 Å². The number of anilines is 2. The number of nitrogens with zero attached hydrogens (tertiary/aromatic N) is 4. The Morgan fingerprint density at radius 3 is 2.59 bits per heavy atom. The van der Waals surface area contributed by atoms with Crippen LogP contribution in [0.2, 0.25) is 0 Å². The quantitative estimate of drug-likeness (QED) is 0.708. The monoisotopic (exact) mass is 397 g/mol. The van der Waals surface area contributed by atoms with Crippen molar-refractivity contribution in [1.82, 2.24) is 14.8 Å². The third-order valence-electron chi connectivity index (χ3n) is 4.91. The zero-order valence-corrected chi connectivity index (χ0v) is 16.1. The summed E-state index contributed by atoms with van der Waals surface area (Å²) in [4.78, 5) is 44.4. The Labute approximate surface area is 168 Å². The van der Waals surface area contributed by atoms with E-state index in [0.29, 0.717) is 37.7 Å². The third-order valence-corrected chi connectivity index (χ3v) is 4.91. The summed E-state index contributed by atoms with van der Waals surface area (Å²) in [6.45, 7) is 1.81. The fraction of sp³-hybridized carbons (Fsp3) is 0.300. The molecule has 1 saturated heterocycles. The van der Waals surface area contributed by atoms with Crippen LogP contribution in [0.3, 0.4) is 0 Å². The number of rotatable bonds is 5. The van der Waals surface area contributed by atoms with Crippen LogP contribution in [0.5, 0.6) is 0 Å². The molecule has 2 amide bonds. The van der Waals surface area contributed by atoms with Gasteiger partial charge < -0.3 is 20.6 Å². The molecule has 29 heavy (non-hydrogen) atoms. The van der Waals surface area contributed by atoms with Gasteiger partial charge in [-0.3, -0.25) is 19.3 Å². The highest BCUT2D eigenvalue weighted by Crippen LogP contribution is 2.24. The number of fused-ring (bicyclic) bond motifs is 1. The number of benzene rings is 1. The van der Waals surface area contributed by atoms with Crippen LogP contribution in [0.1, 0.15) is 0 Å². The van der Waals surface area contributed by atoms with Gasteiger partial charge in [-0.15, -0.1) is 0 Å². The number of hydrogen-bond donors (Lipinski definition) is 2. The first kappa shape index (κ1) is 20.3. The van der Waals surface area contributed by atoms with E-state index in [-0.39, 0.29) is 18.4 Å². The number of nitrogen functional groups attached to an aromatic ring is 1. The number of amides is 2. The molecule has 2 heterocycles. The van der Waals surface area contributed by atoms with Crippen molar-refractivity contribution in [2.45, 2.75) is 0 Å². The number of carboxylic acid groups (broad SMARTS) is 1. The lowest BCUT2D eigenvalue weighted by Crippen LogP contribution is -2.49. The standard InChI is InChI=1S/C20H23N5O4/c1-23(15-3-2-14-6-7-22-20(21)16(14)12-15)17(26)4-5-18(27)25-10-8-24(9-11-25)13-19(28)29/h2-7,12H,8-11,13H2,1H3,(H2,21,22)(H,28,29). The molecule has 1 aliphatic rings. The second kappa shape index (κ2) is 8.70. The first-order valence-electron chi connectivity index (χ1n) is 9.18. The number of piperazine rings is 1. The maximum atomic E-state index is 12.5. The molecule has 1 aromatic carbocycles. The lowest BCUT2D eigenvalue weighted by molar-refractivity contribution is -0.139. The Bertz CT molecular complexity index is 966. The molecule has 3 rings (SSSR count). The molecule has 9 heteroatoms. The van der Waals surface area contributed by atoms with Gasteiger partial charge in [-0.2, -0.15) is 0 Å². The zero-order chi connectivity index (χ0) is 21.0. The number of carboxylic acids is 1.